The molecule has 2 atom stereocenters. The molecule has 3 rings (SSSR count). The van der Waals surface area contributed by atoms with E-state index in [2.05, 4.69) is 0 Å². The summed E-state index contributed by atoms with van der Waals surface area (Å²) < 4.78 is 42.5. The third-order valence-corrected chi connectivity index (χ3v) is 6.80. The van der Waals surface area contributed by atoms with E-state index in [0.29, 0.717) is 12.0 Å². The van der Waals surface area contributed by atoms with Crippen LogP contribution in [0.15, 0.2) is 24.3 Å². The Labute approximate surface area is 158 Å². The normalized spacial score (nSPS) is 23.9. The maximum Gasteiger partial charge on any atom is 0.248 e. The number of carbonyl (C=O) groups excluding carboxylic acids is 2. The molecule has 0 aliphatic carbocycles. The van der Waals surface area contributed by atoms with Crippen LogP contribution < -0.4 is 0 Å². The van der Waals surface area contributed by atoms with Gasteiger partial charge < -0.3 is 14.5 Å². The Morgan fingerprint density at radius 3 is 2.37 bits per heavy atom. The van der Waals surface area contributed by atoms with Crippen molar-refractivity contribution in [3.8, 4) is 0 Å². The molecule has 148 valence electrons. The second-order valence-corrected chi connectivity index (χ2v) is 9.10. The first kappa shape index (κ1) is 19.8. The molecule has 2 aliphatic rings. The number of rotatable bonds is 5. The Balaban J connectivity index is 1.71. The maximum absolute atomic E-state index is 13.3. The summed E-state index contributed by atoms with van der Waals surface area (Å²) in [5.41, 5.74) is 0.716. The van der Waals surface area contributed by atoms with Gasteiger partial charge in [0.2, 0.25) is 11.8 Å². The van der Waals surface area contributed by atoms with Crippen molar-refractivity contribution >= 4 is 21.7 Å². The molecule has 27 heavy (non-hydrogen) atoms. The number of hydrogen-bond acceptors (Lipinski definition) is 5. The fourth-order valence-corrected chi connectivity index (χ4v) is 5.85. The molecule has 0 aromatic heterocycles. The summed E-state index contributed by atoms with van der Waals surface area (Å²) in [4.78, 5) is 28.1. The van der Waals surface area contributed by atoms with Gasteiger partial charge in [0.1, 0.15) is 12.4 Å². The van der Waals surface area contributed by atoms with Crippen LogP contribution >= 0.6 is 0 Å². The van der Waals surface area contributed by atoms with Gasteiger partial charge in [0, 0.05) is 26.6 Å². The van der Waals surface area contributed by atoms with E-state index >= 15 is 0 Å². The van der Waals surface area contributed by atoms with Gasteiger partial charge in [0.25, 0.3) is 0 Å². The van der Waals surface area contributed by atoms with Crippen LogP contribution in [0.4, 0.5) is 4.39 Å². The molecule has 2 amide bonds. The Morgan fingerprint density at radius 1 is 1.15 bits per heavy atom. The number of carbonyl (C=O) groups is 2. The first-order valence-electron chi connectivity index (χ1n) is 8.83. The van der Waals surface area contributed by atoms with Crippen LogP contribution in [-0.4, -0.2) is 80.4 Å². The zero-order valence-corrected chi connectivity index (χ0v) is 16.0. The van der Waals surface area contributed by atoms with E-state index in [9.17, 15) is 22.4 Å². The summed E-state index contributed by atoms with van der Waals surface area (Å²) in [5.74, 6) is -1.07. The van der Waals surface area contributed by atoms with Crippen molar-refractivity contribution in [2.75, 3.05) is 38.3 Å². The third-order valence-electron chi connectivity index (χ3n) is 5.10. The number of benzene rings is 1. The second-order valence-electron chi connectivity index (χ2n) is 6.95. The SMILES string of the molecule is COCC(=O)N1CCN(C(=O)CCc2cccc(F)c2)[C@H]2CS(=O)(=O)C[C@H]21. The second kappa shape index (κ2) is 7.93. The zero-order valence-electron chi connectivity index (χ0n) is 15.1. The van der Waals surface area contributed by atoms with E-state index in [4.69, 9.17) is 4.74 Å². The van der Waals surface area contributed by atoms with E-state index < -0.39 is 21.9 Å². The predicted octanol–water partition coefficient (Wildman–Crippen LogP) is 0.241. The number of aryl methyl sites for hydroxylation is 1. The van der Waals surface area contributed by atoms with Crippen molar-refractivity contribution in [3.63, 3.8) is 0 Å². The summed E-state index contributed by atoms with van der Waals surface area (Å²) in [7, 11) is -1.92. The van der Waals surface area contributed by atoms with Gasteiger partial charge in [-0.05, 0) is 24.1 Å². The largest absolute Gasteiger partial charge is 0.375 e. The van der Waals surface area contributed by atoms with Crippen LogP contribution in [0.25, 0.3) is 0 Å². The minimum Gasteiger partial charge on any atom is -0.375 e. The monoisotopic (exact) mass is 398 g/mol. The maximum atomic E-state index is 13.3. The quantitative estimate of drug-likeness (QED) is 0.710. The van der Waals surface area contributed by atoms with Crippen molar-refractivity contribution < 1.29 is 27.1 Å². The van der Waals surface area contributed by atoms with E-state index in [1.165, 1.54) is 24.1 Å². The molecule has 9 heteroatoms. The van der Waals surface area contributed by atoms with Crippen LogP contribution in [0, 0.1) is 5.82 Å². The van der Waals surface area contributed by atoms with Crippen molar-refractivity contribution in [2.24, 2.45) is 0 Å². The number of nitrogens with zero attached hydrogens (tertiary/aromatic N) is 2. The summed E-state index contributed by atoms with van der Waals surface area (Å²) in [6, 6.07) is 5.00. The number of amides is 2. The molecule has 7 nitrogen and oxygen atoms in total. The number of sulfone groups is 1. The molecule has 0 saturated carbocycles. The van der Waals surface area contributed by atoms with Crippen LogP contribution in [-0.2, 0) is 30.6 Å². The standard InChI is InChI=1S/C18H23FN2O5S/c1-26-10-18(23)21-8-7-20(15-11-27(24,25)12-16(15)21)17(22)6-5-13-3-2-4-14(19)9-13/h2-4,9,15-16H,5-8,10-12H2,1H3/t15-,16+/m0/s1. The molecule has 2 aliphatic heterocycles. The third kappa shape index (κ3) is 4.47. The summed E-state index contributed by atoms with van der Waals surface area (Å²) in [5, 5.41) is 0. The highest BCUT2D eigenvalue weighted by Crippen LogP contribution is 2.28. The van der Waals surface area contributed by atoms with E-state index in [0.717, 1.165) is 0 Å². The summed E-state index contributed by atoms with van der Waals surface area (Å²) >= 11 is 0. The molecule has 0 unspecified atom stereocenters. The Bertz CT molecular complexity index is 829. The van der Waals surface area contributed by atoms with Crippen molar-refractivity contribution in [1.82, 2.24) is 9.80 Å². The van der Waals surface area contributed by atoms with Crippen LogP contribution in [0.1, 0.15) is 12.0 Å². The average molecular weight is 398 g/mol. The van der Waals surface area contributed by atoms with Gasteiger partial charge in [-0.25, -0.2) is 12.8 Å². The molecule has 2 saturated heterocycles. The van der Waals surface area contributed by atoms with Crippen LogP contribution in [0.2, 0.25) is 0 Å². The molecule has 0 N–H and O–H groups in total. The van der Waals surface area contributed by atoms with Crippen LogP contribution in [0.3, 0.4) is 0 Å². The van der Waals surface area contributed by atoms with Gasteiger partial charge in [-0.15, -0.1) is 0 Å². The van der Waals surface area contributed by atoms with Crippen molar-refractivity contribution in [3.05, 3.63) is 35.6 Å². The number of halogens is 1. The van der Waals surface area contributed by atoms with Gasteiger partial charge in [-0.1, -0.05) is 12.1 Å². The average Bonchev–Trinajstić information content (AvgIpc) is 2.93. The molecular formula is C18H23FN2O5S. The minimum atomic E-state index is -3.33. The molecule has 1 aromatic rings. The molecule has 2 fully saturated rings. The summed E-state index contributed by atoms with van der Waals surface area (Å²) in [6.07, 6.45) is 0.544. The first-order chi connectivity index (χ1) is 12.8. The molecular weight excluding hydrogens is 375 g/mol. The number of fused-ring (bicyclic) bond motifs is 1. The highest BCUT2D eigenvalue weighted by atomic mass is 32.2. The Kier molecular flexibility index (Phi) is 5.81. The fourth-order valence-electron chi connectivity index (χ4n) is 3.87. The van der Waals surface area contributed by atoms with Crippen molar-refractivity contribution in [2.45, 2.75) is 24.9 Å². The van der Waals surface area contributed by atoms with Gasteiger partial charge in [-0.3, -0.25) is 9.59 Å². The Morgan fingerprint density at radius 2 is 1.78 bits per heavy atom. The number of piperazine rings is 1. The predicted molar refractivity (Wildman–Crippen MR) is 96.3 cm³/mol. The fraction of sp³-hybridized carbons (Fsp3) is 0.556. The molecule has 0 radical (unpaired) electrons. The van der Waals surface area contributed by atoms with Gasteiger partial charge >= 0.3 is 0 Å². The van der Waals surface area contributed by atoms with E-state index in [1.54, 1.807) is 17.0 Å². The lowest BCUT2D eigenvalue weighted by molar-refractivity contribution is -0.147. The molecule has 1 aromatic carbocycles. The lowest BCUT2D eigenvalue weighted by Gasteiger charge is -2.43. The number of methoxy groups -OCH3 is 1. The van der Waals surface area contributed by atoms with E-state index in [-0.39, 0.29) is 55.3 Å². The van der Waals surface area contributed by atoms with Gasteiger partial charge in [-0.2, -0.15) is 0 Å². The highest BCUT2D eigenvalue weighted by molar-refractivity contribution is 7.91. The lowest BCUT2D eigenvalue weighted by atomic mass is 10.0. The van der Waals surface area contributed by atoms with Gasteiger partial charge in [0.15, 0.2) is 9.84 Å². The molecule has 2 heterocycles. The summed E-state index contributed by atoms with van der Waals surface area (Å²) in [6.45, 7) is 0.454. The smallest absolute Gasteiger partial charge is 0.248 e. The van der Waals surface area contributed by atoms with Crippen LogP contribution in [0.5, 0.6) is 0 Å². The van der Waals surface area contributed by atoms with Crippen molar-refractivity contribution in [1.29, 1.82) is 0 Å². The number of hydrogen-bond donors (Lipinski definition) is 0. The minimum absolute atomic E-state index is 0.114. The molecule has 0 spiro atoms. The number of ether oxygens (including phenoxy) is 1. The first-order valence-corrected chi connectivity index (χ1v) is 10.7. The highest BCUT2D eigenvalue weighted by Gasteiger charge is 2.49. The molecule has 0 bridgehead atoms. The lowest BCUT2D eigenvalue weighted by Crippen LogP contribution is -2.62. The topological polar surface area (TPSA) is 84.0 Å². The van der Waals surface area contributed by atoms with Gasteiger partial charge in [0.05, 0.1) is 23.6 Å². The van der Waals surface area contributed by atoms with E-state index in [1.807, 2.05) is 0 Å². The Hall–Kier alpha value is -2.00. The zero-order chi connectivity index (χ0) is 19.6.